The summed E-state index contributed by atoms with van der Waals surface area (Å²) in [5.41, 5.74) is 0. The van der Waals surface area contributed by atoms with Crippen LogP contribution in [-0.2, 0) is 9.47 Å². The summed E-state index contributed by atoms with van der Waals surface area (Å²) in [4.78, 5) is 0. The Hall–Kier alpha value is -0.0800. The van der Waals surface area contributed by atoms with Crippen molar-refractivity contribution in [3.8, 4) is 0 Å². The van der Waals surface area contributed by atoms with Crippen LogP contribution in [0.25, 0.3) is 0 Å². The maximum Gasteiger partial charge on any atom is 0.154 e. The summed E-state index contributed by atoms with van der Waals surface area (Å²) in [6.07, 6.45) is 5.58. The quantitative estimate of drug-likeness (QED) is 0.647. The monoisotopic (exact) mass is 200 g/mol. The summed E-state index contributed by atoms with van der Waals surface area (Å²) < 4.78 is 11.1. The van der Waals surface area contributed by atoms with E-state index in [2.05, 4.69) is 6.92 Å². The molecule has 0 aromatic carbocycles. The predicted octanol–water partition coefficient (Wildman–Crippen LogP) is 3.07. The third kappa shape index (κ3) is 2.48. The SMILES string of the molecule is CC1CCC(C2COC(C)OC2)CC1.[HH]. The number of hydrogen-bond donors (Lipinski definition) is 0. The van der Waals surface area contributed by atoms with Crippen LogP contribution in [0, 0.1) is 17.8 Å². The van der Waals surface area contributed by atoms with Crippen LogP contribution in [-0.4, -0.2) is 19.5 Å². The van der Waals surface area contributed by atoms with Gasteiger partial charge in [-0.25, -0.2) is 0 Å². The van der Waals surface area contributed by atoms with Crippen molar-refractivity contribution in [2.45, 2.75) is 45.8 Å². The van der Waals surface area contributed by atoms with Gasteiger partial charge in [-0.05, 0) is 31.6 Å². The van der Waals surface area contributed by atoms with Gasteiger partial charge in [0.2, 0.25) is 0 Å². The Morgan fingerprint density at radius 1 is 0.857 bits per heavy atom. The molecule has 2 rings (SSSR count). The molecule has 84 valence electrons. The molecule has 0 bridgehead atoms. The van der Waals surface area contributed by atoms with Gasteiger partial charge in [-0.15, -0.1) is 0 Å². The van der Waals surface area contributed by atoms with Crippen molar-refractivity contribution < 1.29 is 10.9 Å². The first-order chi connectivity index (χ1) is 6.75. The van der Waals surface area contributed by atoms with Crippen molar-refractivity contribution in [3.05, 3.63) is 0 Å². The molecule has 2 aliphatic rings. The molecule has 1 aliphatic carbocycles. The summed E-state index contributed by atoms with van der Waals surface area (Å²) in [7, 11) is 0. The third-order valence-corrected chi connectivity index (χ3v) is 3.82. The van der Waals surface area contributed by atoms with Crippen molar-refractivity contribution >= 4 is 0 Å². The van der Waals surface area contributed by atoms with Crippen LogP contribution in [0.3, 0.4) is 0 Å². The molecule has 2 fully saturated rings. The number of hydrogen-bond acceptors (Lipinski definition) is 2. The first-order valence-electron chi connectivity index (χ1n) is 5.99. The predicted molar refractivity (Wildman–Crippen MR) is 58.1 cm³/mol. The lowest BCUT2D eigenvalue weighted by Crippen LogP contribution is -2.35. The molecule has 0 unspecified atom stereocenters. The highest BCUT2D eigenvalue weighted by Crippen LogP contribution is 2.34. The fourth-order valence-corrected chi connectivity index (χ4v) is 2.64. The first-order valence-corrected chi connectivity index (χ1v) is 5.99. The van der Waals surface area contributed by atoms with E-state index >= 15 is 0 Å². The van der Waals surface area contributed by atoms with E-state index < -0.39 is 0 Å². The fourth-order valence-electron chi connectivity index (χ4n) is 2.64. The lowest BCUT2D eigenvalue weighted by molar-refractivity contribution is -0.200. The van der Waals surface area contributed by atoms with E-state index in [0.717, 1.165) is 25.0 Å². The molecular formula is C12H24O2. The summed E-state index contributed by atoms with van der Waals surface area (Å²) in [6, 6.07) is 0. The van der Waals surface area contributed by atoms with Gasteiger partial charge in [-0.1, -0.05) is 19.8 Å². The molecule has 0 atom stereocenters. The zero-order valence-electron chi connectivity index (χ0n) is 9.37. The minimum atomic E-state index is 0. The lowest BCUT2D eigenvalue weighted by Gasteiger charge is -2.36. The molecule has 0 N–H and O–H groups in total. The van der Waals surface area contributed by atoms with Crippen LogP contribution in [0.1, 0.15) is 41.0 Å². The average Bonchev–Trinajstić information content (AvgIpc) is 2.21. The van der Waals surface area contributed by atoms with E-state index in [9.17, 15) is 0 Å². The lowest BCUT2D eigenvalue weighted by atomic mass is 9.76. The molecular weight excluding hydrogens is 176 g/mol. The zero-order chi connectivity index (χ0) is 9.97. The number of rotatable bonds is 1. The molecule has 1 saturated carbocycles. The molecule has 2 nitrogen and oxygen atoms in total. The number of ether oxygens (including phenoxy) is 2. The van der Waals surface area contributed by atoms with Gasteiger partial charge in [0.25, 0.3) is 0 Å². The summed E-state index contributed by atoms with van der Waals surface area (Å²) in [5.74, 6) is 2.47. The maximum absolute atomic E-state index is 5.55. The zero-order valence-corrected chi connectivity index (χ0v) is 9.37. The van der Waals surface area contributed by atoms with E-state index in [1.807, 2.05) is 6.92 Å². The van der Waals surface area contributed by atoms with Gasteiger partial charge in [0.15, 0.2) is 6.29 Å². The summed E-state index contributed by atoms with van der Waals surface area (Å²) >= 11 is 0. The van der Waals surface area contributed by atoms with Gasteiger partial charge in [0, 0.05) is 7.34 Å². The van der Waals surface area contributed by atoms with E-state index in [1.54, 1.807) is 0 Å². The molecule has 2 heteroatoms. The van der Waals surface area contributed by atoms with Gasteiger partial charge >= 0.3 is 0 Å². The van der Waals surface area contributed by atoms with Crippen LogP contribution in [0.15, 0.2) is 0 Å². The molecule has 0 aromatic rings. The molecule has 1 saturated heterocycles. The average molecular weight is 200 g/mol. The van der Waals surface area contributed by atoms with E-state index in [4.69, 9.17) is 9.47 Å². The van der Waals surface area contributed by atoms with Gasteiger partial charge in [-0.3, -0.25) is 0 Å². The highest BCUT2D eigenvalue weighted by atomic mass is 16.7. The molecule has 0 amide bonds. The van der Waals surface area contributed by atoms with Crippen molar-refractivity contribution in [2.24, 2.45) is 17.8 Å². The minimum Gasteiger partial charge on any atom is -0.353 e. The summed E-state index contributed by atoms with van der Waals surface area (Å²) in [6.45, 7) is 6.19. The van der Waals surface area contributed by atoms with Crippen molar-refractivity contribution in [2.75, 3.05) is 13.2 Å². The van der Waals surface area contributed by atoms with Gasteiger partial charge < -0.3 is 9.47 Å². The second-order valence-corrected chi connectivity index (χ2v) is 5.01. The third-order valence-electron chi connectivity index (χ3n) is 3.82. The molecule has 0 spiro atoms. The fraction of sp³-hybridized carbons (Fsp3) is 1.00. The van der Waals surface area contributed by atoms with Crippen molar-refractivity contribution in [1.29, 1.82) is 0 Å². The van der Waals surface area contributed by atoms with Gasteiger partial charge in [0.1, 0.15) is 0 Å². The normalized spacial score (nSPS) is 45.0. The largest absolute Gasteiger partial charge is 0.353 e. The van der Waals surface area contributed by atoms with Gasteiger partial charge in [-0.2, -0.15) is 0 Å². The Labute approximate surface area is 88.5 Å². The van der Waals surface area contributed by atoms with Crippen molar-refractivity contribution in [1.82, 2.24) is 0 Å². The smallest absolute Gasteiger partial charge is 0.154 e. The Kier molecular flexibility index (Phi) is 3.45. The van der Waals surface area contributed by atoms with Crippen molar-refractivity contribution in [3.63, 3.8) is 0 Å². The van der Waals surface area contributed by atoms with Crippen LogP contribution in [0.4, 0.5) is 0 Å². The van der Waals surface area contributed by atoms with Crippen LogP contribution < -0.4 is 0 Å². The molecule has 1 heterocycles. The van der Waals surface area contributed by atoms with E-state index in [0.29, 0.717) is 5.92 Å². The second kappa shape index (κ2) is 4.63. The highest BCUT2D eigenvalue weighted by molar-refractivity contribution is 4.77. The molecule has 1 aliphatic heterocycles. The standard InChI is InChI=1S/C12H22O2.H2/c1-9-3-5-11(6-4-9)12-7-13-10(2)14-8-12;/h9-12H,3-8H2,1-2H3;1H. The molecule has 0 radical (unpaired) electrons. The van der Waals surface area contributed by atoms with Crippen LogP contribution in [0.5, 0.6) is 0 Å². The first kappa shape index (κ1) is 10.4. The minimum absolute atomic E-state index is 0. The Morgan fingerprint density at radius 3 is 2.00 bits per heavy atom. The van der Waals surface area contributed by atoms with E-state index in [1.165, 1.54) is 25.7 Å². The Bertz CT molecular complexity index is 150. The highest BCUT2D eigenvalue weighted by Gasteiger charge is 2.29. The van der Waals surface area contributed by atoms with Crippen LogP contribution in [0.2, 0.25) is 0 Å². The Morgan fingerprint density at radius 2 is 1.43 bits per heavy atom. The van der Waals surface area contributed by atoms with Gasteiger partial charge in [0.05, 0.1) is 13.2 Å². The summed E-state index contributed by atoms with van der Waals surface area (Å²) in [5, 5.41) is 0. The molecule has 14 heavy (non-hydrogen) atoms. The topological polar surface area (TPSA) is 18.5 Å². The maximum atomic E-state index is 5.55. The van der Waals surface area contributed by atoms with E-state index in [-0.39, 0.29) is 7.72 Å². The molecule has 0 aromatic heterocycles. The Balaban J connectivity index is 0.00000112. The second-order valence-electron chi connectivity index (χ2n) is 5.01. The van der Waals surface area contributed by atoms with Crippen LogP contribution >= 0.6 is 0 Å².